The van der Waals surface area contributed by atoms with E-state index in [9.17, 15) is 4.79 Å². The summed E-state index contributed by atoms with van der Waals surface area (Å²) in [7, 11) is 0. The molecule has 1 heterocycles. The predicted octanol–water partition coefficient (Wildman–Crippen LogP) is 1.91. The van der Waals surface area contributed by atoms with Gasteiger partial charge in [-0.1, -0.05) is 19.4 Å². The van der Waals surface area contributed by atoms with Crippen LogP contribution in [0.5, 0.6) is 0 Å². The van der Waals surface area contributed by atoms with E-state index in [-0.39, 0.29) is 12.2 Å². The maximum atomic E-state index is 12.4. The lowest BCUT2D eigenvalue weighted by molar-refractivity contribution is 0.299. The molecule has 0 aliphatic heterocycles. The average Bonchev–Trinajstić information content (AvgIpc) is 2.43. The summed E-state index contributed by atoms with van der Waals surface area (Å²) in [4.78, 5) is 12.4. The Hall–Kier alpha value is -2.07. The molecule has 0 spiro atoms. The molecule has 0 atom stereocenters. The summed E-state index contributed by atoms with van der Waals surface area (Å²) >= 11 is 0. The fourth-order valence-electron chi connectivity index (χ4n) is 2.35. The molecule has 1 aromatic heterocycles. The van der Waals surface area contributed by atoms with E-state index in [1.807, 2.05) is 18.2 Å². The van der Waals surface area contributed by atoms with Crippen LogP contribution in [0.2, 0.25) is 0 Å². The molecule has 0 saturated carbocycles. The zero-order valence-corrected chi connectivity index (χ0v) is 11.7. The number of nitrogens with zero attached hydrogens (tertiary/aromatic N) is 1. The van der Waals surface area contributed by atoms with Gasteiger partial charge in [0.1, 0.15) is 0 Å². The van der Waals surface area contributed by atoms with Crippen LogP contribution in [-0.4, -0.2) is 16.3 Å². The number of pyridine rings is 1. The maximum absolute atomic E-state index is 12.4. The summed E-state index contributed by atoms with van der Waals surface area (Å²) in [5, 5.41) is 9.02. The Morgan fingerprint density at radius 1 is 1.20 bits per heavy atom. The van der Waals surface area contributed by atoms with Crippen molar-refractivity contribution in [2.45, 2.75) is 26.2 Å². The van der Waals surface area contributed by atoms with Crippen molar-refractivity contribution in [1.29, 1.82) is 0 Å². The van der Waals surface area contributed by atoms with Gasteiger partial charge >= 0.3 is 0 Å². The summed E-state index contributed by atoms with van der Waals surface area (Å²) in [5.41, 5.74) is 9.01. The van der Waals surface area contributed by atoms with Gasteiger partial charge in [-0.05, 0) is 36.2 Å². The normalized spacial score (nSPS) is 10.7. The summed E-state index contributed by atoms with van der Waals surface area (Å²) in [6, 6.07) is 9.19. The first kappa shape index (κ1) is 14.3. The number of anilines is 1. The highest BCUT2D eigenvalue weighted by atomic mass is 16.3. The van der Waals surface area contributed by atoms with E-state index < -0.39 is 0 Å². The molecule has 2 rings (SSSR count). The quantitative estimate of drug-likeness (QED) is 0.817. The molecular formula is C16H20N2O2. The number of aromatic nitrogens is 1. The van der Waals surface area contributed by atoms with Gasteiger partial charge in [0.05, 0.1) is 5.69 Å². The Morgan fingerprint density at radius 3 is 2.70 bits per heavy atom. The molecule has 20 heavy (non-hydrogen) atoms. The smallest absolute Gasteiger partial charge is 0.258 e. The van der Waals surface area contributed by atoms with Crippen LogP contribution in [0.3, 0.4) is 0 Å². The molecule has 0 unspecified atom stereocenters. The molecule has 0 radical (unpaired) electrons. The van der Waals surface area contributed by atoms with Gasteiger partial charge in [-0.25, -0.2) is 0 Å². The average molecular weight is 272 g/mol. The second-order valence-electron chi connectivity index (χ2n) is 4.82. The molecule has 2 aromatic rings. The summed E-state index contributed by atoms with van der Waals surface area (Å²) in [5.74, 6) is 0. The number of aliphatic hydroxyl groups excluding tert-OH is 1. The molecule has 0 amide bonds. The van der Waals surface area contributed by atoms with E-state index in [0.717, 1.165) is 24.1 Å². The molecule has 1 aromatic carbocycles. The van der Waals surface area contributed by atoms with E-state index in [1.54, 1.807) is 22.9 Å². The van der Waals surface area contributed by atoms with Crippen molar-refractivity contribution < 1.29 is 5.11 Å². The number of benzene rings is 1. The fourth-order valence-corrected chi connectivity index (χ4v) is 2.35. The Bertz CT molecular complexity index is 647. The second kappa shape index (κ2) is 6.39. The van der Waals surface area contributed by atoms with Crippen LogP contribution >= 0.6 is 0 Å². The number of aryl methyl sites for hydroxylation is 1. The van der Waals surface area contributed by atoms with Gasteiger partial charge in [-0.2, -0.15) is 0 Å². The van der Waals surface area contributed by atoms with Gasteiger partial charge in [-0.15, -0.1) is 0 Å². The lowest BCUT2D eigenvalue weighted by Gasteiger charge is -2.13. The zero-order chi connectivity index (χ0) is 14.5. The van der Waals surface area contributed by atoms with Crippen LogP contribution in [0.1, 0.15) is 24.5 Å². The van der Waals surface area contributed by atoms with E-state index in [1.165, 1.54) is 0 Å². The molecule has 0 bridgehead atoms. The van der Waals surface area contributed by atoms with Crippen molar-refractivity contribution in [3.05, 3.63) is 58.0 Å². The lowest BCUT2D eigenvalue weighted by Crippen LogP contribution is -2.23. The highest BCUT2D eigenvalue weighted by molar-refractivity contribution is 5.52. The van der Waals surface area contributed by atoms with Crippen molar-refractivity contribution in [3.8, 4) is 5.69 Å². The van der Waals surface area contributed by atoms with E-state index in [2.05, 4.69) is 6.92 Å². The Kier molecular flexibility index (Phi) is 4.58. The first-order valence-electron chi connectivity index (χ1n) is 6.87. The minimum Gasteiger partial charge on any atom is -0.399 e. The number of rotatable bonds is 5. The first-order valence-corrected chi connectivity index (χ1v) is 6.87. The number of hydrogen-bond acceptors (Lipinski definition) is 3. The molecule has 0 aliphatic carbocycles. The van der Waals surface area contributed by atoms with Crippen molar-refractivity contribution in [3.63, 3.8) is 0 Å². The Labute approximate surface area is 118 Å². The molecule has 0 aliphatic rings. The van der Waals surface area contributed by atoms with Gasteiger partial charge in [0, 0.05) is 30.5 Å². The van der Waals surface area contributed by atoms with Gasteiger partial charge in [0.15, 0.2) is 0 Å². The maximum Gasteiger partial charge on any atom is 0.258 e. The summed E-state index contributed by atoms with van der Waals surface area (Å²) < 4.78 is 1.63. The largest absolute Gasteiger partial charge is 0.399 e. The standard InChI is InChI=1S/C16H20N2O2/c1-2-4-13-11-14(17)6-7-15(13)18-9-3-5-12(8-10-19)16(18)20/h3,5-7,9,11,19H,2,4,8,10,17H2,1H3. The minimum absolute atomic E-state index is 0.0250. The molecular weight excluding hydrogens is 252 g/mol. The summed E-state index contributed by atoms with van der Waals surface area (Å²) in [6.07, 6.45) is 3.99. The monoisotopic (exact) mass is 272 g/mol. The molecule has 4 heteroatoms. The third-order valence-corrected chi connectivity index (χ3v) is 3.29. The predicted molar refractivity (Wildman–Crippen MR) is 81.2 cm³/mol. The van der Waals surface area contributed by atoms with Crippen LogP contribution in [-0.2, 0) is 12.8 Å². The molecule has 106 valence electrons. The molecule has 4 nitrogen and oxygen atoms in total. The van der Waals surface area contributed by atoms with Crippen LogP contribution in [0.15, 0.2) is 41.3 Å². The lowest BCUT2D eigenvalue weighted by atomic mass is 10.1. The van der Waals surface area contributed by atoms with Gasteiger partial charge in [-0.3, -0.25) is 9.36 Å². The Morgan fingerprint density at radius 2 is 2.00 bits per heavy atom. The van der Waals surface area contributed by atoms with E-state index >= 15 is 0 Å². The van der Waals surface area contributed by atoms with Crippen LogP contribution in [0.4, 0.5) is 5.69 Å². The fraction of sp³-hybridized carbons (Fsp3) is 0.312. The third kappa shape index (κ3) is 2.91. The highest BCUT2D eigenvalue weighted by Gasteiger charge is 2.09. The first-order chi connectivity index (χ1) is 9.67. The summed E-state index contributed by atoms with van der Waals surface area (Å²) in [6.45, 7) is 2.07. The number of hydrogen-bond donors (Lipinski definition) is 2. The molecule has 0 fully saturated rings. The SMILES string of the molecule is CCCc1cc(N)ccc1-n1cccc(CCO)c1=O. The minimum atomic E-state index is -0.0799. The highest BCUT2D eigenvalue weighted by Crippen LogP contribution is 2.18. The Balaban J connectivity index is 2.56. The van der Waals surface area contributed by atoms with Crippen molar-refractivity contribution in [2.75, 3.05) is 12.3 Å². The van der Waals surface area contributed by atoms with Gasteiger partial charge in [0.25, 0.3) is 5.56 Å². The third-order valence-electron chi connectivity index (χ3n) is 3.29. The topological polar surface area (TPSA) is 68.2 Å². The van der Waals surface area contributed by atoms with E-state index in [0.29, 0.717) is 17.7 Å². The van der Waals surface area contributed by atoms with Crippen molar-refractivity contribution in [2.24, 2.45) is 0 Å². The van der Waals surface area contributed by atoms with Crippen molar-refractivity contribution >= 4 is 5.69 Å². The van der Waals surface area contributed by atoms with Gasteiger partial charge < -0.3 is 10.8 Å². The zero-order valence-electron chi connectivity index (χ0n) is 11.7. The molecule has 0 saturated heterocycles. The number of aliphatic hydroxyl groups is 1. The van der Waals surface area contributed by atoms with Crippen LogP contribution < -0.4 is 11.3 Å². The van der Waals surface area contributed by atoms with Gasteiger partial charge in [0.2, 0.25) is 0 Å². The second-order valence-corrected chi connectivity index (χ2v) is 4.82. The molecule has 3 N–H and O–H groups in total. The van der Waals surface area contributed by atoms with Crippen LogP contribution in [0, 0.1) is 0 Å². The van der Waals surface area contributed by atoms with Crippen molar-refractivity contribution in [1.82, 2.24) is 4.57 Å². The van der Waals surface area contributed by atoms with Crippen LogP contribution in [0.25, 0.3) is 5.69 Å². The van der Waals surface area contributed by atoms with E-state index in [4.69, 9.17) is 10.8 Å². The number of nitrogen functional groups attached to an aromatic ring is 1. The number of nitrogens with two attached hydrogens (primary N) is 1.